The zero-order valence-electron chi connectivity index (χ0n) is 14.0. The number of aromatic nitrogens is 2. The maximum Gasteiger partial charge on any atom is 0.359 e. The molecule has 0 aromatic carbocycles. The van der Waals surface area contributed by atoms with Crippen LogP contribution in [0.5, 0.6) is 0 Å². The normalized spacial score (nSPS) is 10.2. The van der Waals surface area contributed by atoms with Crippen LogP contribution in [-0.4, -0.2) is 41.0 Å². The minimum absolute atomic E-state index is 0.0231. The van der Waals surface area contributed by atoms with Crippen LogP contribution in [0.3, 0.4) is 0 Å². The van der Waals surface area contributed by atoms with Gasteiger partial charge in [0.2, 0.25) is 0 Å². The van der Waals surface area contributed by atoms with Crippen LogP contribution >= 0.6 is 11.3 Å². The molecule has 2 heterocycles. The molecule has 0 spiro atoms. The first kappa shape index (κ1) is 18.5. The highest BCUT2D eigenvalue weighted by atomic mass is 32.1. The number of aryl methyl sites for hydroxylation is 2. The van der Waals surface area contributed by atoms with Crippen molar-refractivity contribution in [3.05, 3.63) is 40.3 Å². The fourth-order valence-electron chi connectivity index (χ4n) is 1.82. The summed E-state index contributed by atoms with van der Waals surface area (Å²) >= 11 is 1.10. The van der Waals surface area contributed by atoms with Crippen molar-refractivity contribution in [3.63, 3.8) is 0 Å². The Kier molecular flexibility index (Phi) is 6.18. The Labute approximate surface area is 148 Å². The van der Waals surface area contributed by atoms with Gasteiger partial charge in [-0.25, -0.2) is 14.6 Å². The van der Waals surface area contributed by atoms with E-state index in [1.54, 1.807) is 26.8 Å². The monoisotopic (exact) mass is 363 g/mol. The summed E-state index contributed by atoms with van der Waals surface area (Å²) < 4.78 is 9.82. The molecule has 8 nitrogen and oxygen atoms in total. The smallest absolute Gasteiger partial charge is 0.359 e. The van der Waals surface area contributed by atoms with E-state index in [9.17, 15) is 14.4 Å². The van der Waals surface area contributed by atoms with Crippen LogP contribution in [-0.2, 0) is 14.3 Å². The number of hydrogen-bond acceptors (Lipinski definition) is 8. The van der Waals surface area contributed by atoms with E-state index in [4.69, 9.17) is 9.47 Å². The van der Waals surface area contributed by atoms with Gasteiger partial charge in [0.15, 0.2) is 12.3 Å². The van der Waals surface area contributed by atoms with E-state index in [1.807, 2.05) is 0 Å². The number of rotatable bonds is 6. The van der Waals surface area contributed by atoms with Gasteiger partial charge >= 0.3 is 11.9 Å². The Morgan fingerprint density at radius 2 is 1.88 bits per heavy atom. The first-order valence-corrected chi connectivity index (χ1v) is 8.25. The van der Waals surface area contributed by atoms with Gasteiger partial charge in [-0.15, -0.1) is 11.3 Å². The summed E-state index contributed by atoms with van der Waals surface area (Å²) in [6.45, 7) is 5.00. The van der Waals surface area contributed by atoms with E-state index in [2.05, 4.69) is 15.3 Å². The maximum absolute atomic E-state index is 11.9. The fraction of sp³-hybridized carbons (Fsp3) is 0.312. The summed E-state index contributed by atoms with van der Waals surface area (Å²) in [6, 6.07) is 1.65. The topological polar surface area (TPSA) is 107 Å². The van der Waals surface area contributed by atoms with Crippen molar-refractivity contribution in [1.29, 1.82) is 0 Å². The van der Waals surface area contributed by atoms with E-state index < -0.39 is 24.5 Å². The van der Waals surface area contributed by atoms with Crippen LogP contribution in [0.25, 0.3) is 0 Å². The zero-order valence-corrected chi connectivity index (χ0v) is 14.8. The zero-order chi connectivity index (χ0) is 18.4. The average Bonchev–Trinajstić information content (AvgIpc) is 2.94. The number of nitrogens with zero attached hydrogens (tertiary/aromatic N) is 2. The standard InChI is InChI=1S/C16H17N3O5S/c1-4-23-16(22)14-9(2)5-13(25-14)19-12(20)8-24-15(21)11-7-17-10(3)6-18-11/h5-7H,4,8H2,1-3H3,(H,19,20). The number of carbonyl (C=O) groups is 3. The molecule has 0 unspecified atom stereocenters. The molecule has 0 fully saturated rings. The Morgan fingerprint density at radius 3 is 2.52 bits per heavy atom. The summed E-state index contributed by atoms with van der Waals surface area (Å²) in [6.07, 6.45) is 2.71. The summed E-state index contributed by atoms with van der Waals surface area (Å²) in [5.41, 5.74) is 1.39. The van der Waals surface area contributed by atoms with Crippen molar-refractivity contribution in [1.82, 2.24) is 9.97 Å². The lowest BCUT2D eigenvalue weighted by Gasteiger charge is -2.04. The van der Waals surface area contributed by atoms with Crippen LogP contribution in [0.2, 0.25) is 0 Å². The highest BCUT2D eigenvalue weighted by Gasteiger charge is 2.17. The molecule has 0 aliphatic carbocycles. The number of thiophene rings is 1. The molecule has 0 bridgehead atoms. The summed E-state index contributed by atoms with van der Waals surface area (Å²) in [7, 11) is 0. The first-order valence-electron chi connectivity index (χ1n) is 7.44. The minimum atomic E-state index is -0.739. The number of esters is 2. The van der Waals surface area contributed by atoms with Crippen LogP contribution in [0, 0.1) is 13.8 Å². The molecule has 0 saturated carbocycles. The van der Waals surface area contributed by atoms with Gasteiger partial charge in [-0.1, -0.05) is 0 Å². The Balaban J connectivity index is 1.90. The van der Waals surface area contributed by atoms with Gasteiger partial charge in [0, 0.05) is 6.20 Å². The lowest BCUT2D eigenvalue weighted by molar-refractivity contribution is -0.119. The molecule has 2 aromatic rings. The second kappa shape index (κ2) is 8.34. The summed E-state index contributed by atoms with van der Waals surface area (Å²) in [5, 5.41) is 3.04. The third kappa shape index (κ3) is 5.08. The quantitative estimate of drug-likeness (QED) is 0.783. The van der Waals surface area contributed by atoms with E-state index in [0.29, 0.717) is 21.1 Å². The minimum Gasteiger partial charge on any atom is -0.462 e. The lowest BCUT2D eigenvalue weighted by Crippen LogP contribution is -2.21. The van der Waals surface area contributed by atoms with Gasteiger partial charge < -0.3 is 14.8 Å². The highest BCUT2D eigenvalue weighted by molar-refractivity contribution is 7.18. The van der Waals surface area contributed by atoms with E-state index in [-0.39, 0.29) is 12.3 Å². The van der Waals surface area contributed by atoms with Crippen molar-refractivity contribution < 1.29 is 23.9 Å². The van der Waals surface area contributed by atoms with Crippen molar-refractivity contribution in [3.8, 4) is 0 Å². The maximum atomic E-state index is 11.9. The van der Waals surface area contributed by atoms with E-state index in [1.165, 1.54) is 12.4 Å². The molecule has 9 heteroatoms. The second-order valence-electron chi connectivity index (χ2n) is 5.01. The molecular weight excluding hydrogens is 346 g/mol. The SMILES string of the molecule is CCOC(=O)c1sc(NC(=O)COC(=O)c2cnc(C)cn2)cc1C. The largest absolute Gasteiger partial charge is 0.462 e. The number of hydrogen-bond donors (Lipinski definition) is 1. The molecular formula is C16H17N3O5S. The second-order valence-corrected chi connectivity index (χ2v) is 6.06. The summed E-state index contributed by atoms with van der Waals surface area (Å²) in [5.74, 6) is -1.70. The molecule has 1 N–H and O–H groups in total. The van der Waals surface area contributed by atoms with Gasteiger partial charge in [-0.2, -0.15) is 0 Å². The molecule has 2 aromatic heterocycles. The van der Waals surface area contributed by atoms with E-state index in [0.717, 1.165) is 11.3 Å². The Hall–Kier alpha value is -2.81. The lowest BCUT2D eigenvalue weighted by atomic mass is 10.3. The number of amides is 1. The molecule has 0 aliphatic heterocycles. The fourth-order valence-corrected chi connectivity index (χ4v) is 2.80. The van der Waals surface area contributed by atoms with Crippen LogP contribution in [0.15, 0.2) is 18.5 Å². The van der Waals surface area contributed by atoms with Crippen molar-refractivity contribution in [2.24, 2.45) is 0 Å². The van der Waals surface area contributed by atoms with Gasteiger partial charge in [0.25, 0.3) is 5.91 Å². The molecule has 0 aliphatic rings. The Bertz CT molecular complexity index is 786. The predicted molar refractivity (Wildman–Crippen MR) is 90.7 cm³/mol. The Morgan fingerprint density at radius 1 is 1.12 bits per heavy atom. The predicted octanol–water partition coefficient (Wildman–Crippen LogP) is 2.13. The molecule has 132 valence electrons. The molecule has 0 saturated heterocycles. The average molecular weight is 363 g/mol. The number of anilines is 1. The molecule has 25 heavy (non-hydrogen) atoms. The number of ether oxygens (including phenoxy) is 2. The third-order valence-electron chi connectivity index (χ3n) is 2.97. The van der Waals surface area contributed by atoms with Crippen LogP contribution in [0.1, 0.15) is 38.3 Å². The van der Waals surface area contributed by atoms with Crippen molar-refractivity contribution >= 4 is 34.2 Å². The molecule has 0 atom stereocenters. The summed E-state index contributed by atoms with van der Waals surface area (Å²) in [4.78, 5) is 43.6. The number of carbonyl (C=O) groups excluding carboxylic acids is 3. The van der Waals surface area contributed by atoms with Crippen LogP contribution in [0.4, 0.5) is 5.00 Å². The van der Waals surface area contributed by atoms with Gasteiger partial charge in [-0.05, 0) is 32.4 Å². The molecule has 1 amide bonds. The first-order chi connectivity index (χ1) is 11.9. The highest BCUT2D eigenvalue weighted by Crippen LogP contribution is 2.27. The molecule has 2 rings (SSSR count). The van der Waals surface area contributed by atoms with E-state index >= 15 is 0 Å². The number of nitrogens with one attached hydrogen (secondary N) is 1. The third-order valence-corrected chi connectivity index (χ3v) is 4.10. The van der Waals surface area contributed by atoms with Gasteiger partial charge in [-0.3, -0.25) is 9.78 Å². The van der Waals surface area contributed by atoms with Crippen molar-refractivity contribution in [2.45, 2.75) is 20.8 Å². The molecule has 0 radical (unpaired) electrons. The van der Waals surface area contributed by atoms with Crippen LogP contribution < -0.4 is 5.32 Å². The van der Waals surface area contributed by atoms with Crippen molar-refractivity contribution in [2.75, 3.05) is 18.5 Å². The van der Waals surface area contributed by atoms with Gasteiger partial charge in [0.05, 0.1) is 23.5 Å². The van der Waals surface area contributed by atoms with Gasteiger partial charge in [0.1, 0.15) is 4.88 Å².